The first kappa shape index (κ1) is 22.0. The third kappa shape index (κ3) is 3.98. The molecule has 2 aromatic heterocycles. The van der Waals surface area contributed by atoms with Crippen LogP contribution >= 0.6 is 0 Å². The van der Waals surface area contributed by atoms with Crippen molar-refractivity contribution in [2.45, 2.75) is 16.2 Å². The SMILES string of the molecule is NCCCNS(=O)(=O)c1ccc(-c2cccc3[nH]cnc23)c(-c2nn[nH]n2)c1S(N)(=O)=O. The van der Waals surface area contributed by atoms with Crippen LogP contribution in [0.5, 0.6) is 0 Å². The Labute approximate surface area is 182 Å². The van der Waals surface area contributed by atoms with Crippen LogP contribution in [0.3, 0.4) is 0 Å². The van der Waals surface area contributed by atoms with Gasteiger partial charge in [0.05, 0.1) is 22.9 Å². The molecule has 0 bridgehead atoms. The van der Waals surface area contributed by atoms with Gasteiger partial charge in [0.25, 0.3) is 0 Å². The van der Waals surface area contributed by atoms with Gasteiger partial charge in [-0.15, -0.1) is 10.2 Å². The molecule has 0 aliphatic heterocycles. The van der Waals surface area contributed by atoms with Crippen LogP contribution in [0, 0.1) is 0 Å². The molecule has 2 aromatic carbocycles. The number of imidazole rings is 1. The molecule has 7 N–H and O–H groups in total. The van der Waals surface area contributed by atoms with Crippen molar-refractivity contribution in [2.24, 2.45) is 10.9 Å². The van der Waals surface area contributed by atoms with E-state index in [0.29, 0.717) is 28.6 Å². The number of nitrogens with zero attached hydrogens (tertiary/aromatic N) is 4. The van der Waals surface area contributed by atoms with Crippen LogP contribution in [-0.4, -0.2) is 60.5 Å². The van der Waals surface area contributed by atoms with Crippen LogP contribution in [0.25, 0.3) is 33.5 Å². The van der Waals surface area contributed by atoms with Crippen molar-refractivity contribution in [3.63, 3.8) is 0 Å². The van der Waals surface area contributed by atoms with Crippen molar-refractivity contribution in [1.29, 1.82) is 0 Å². The third-order valence-electron chi connectivity index (χ3n) is 4.68. The number of hydrogen-bond acceptors (Lipinski definition) is 9. The van der Waals surface area contributed by atoms with Crippen molar-refractivity contribution >= 4 is 31.1 Å². The minimum Gasteiger partial charge on any atom is -0.345 e. The first-order valence-electron chi connectivity index (χ1n) is 9.30. The Hall–Kier alpha value is -3.24. The van der Waals surface area contributed by atoms with E-state index in [1.165, 1.54) is 18.5 Å². The molecule has 32 heavy (non-hydrogen) atoms. The van der Waals surface area contributed by atoms with E-state index in [0.717, 1.165) is 0 Å². The van der Waals surface area contributed by atoms with Crippen molar-refractivity contribution in [2.75, 3.05) is 13.1 Å². The highest BCUT2D eigenvalue weighted by atomic mass is 32.2. The van der Waals surface area contributed by atoms with Gasteiger partial charge in [-0.1, -0.05) is 18.2 Å². The lowest BCUT2D eigenvalue weighted by molar-refractivity contribution is 0.572. The highest BCUT2D eigenvalue weighted by Gasteiger charge is 2.32. The average Bonchev–Trinajstić information content (AvgIpc) is 3.44. The lowest BCUT2D eigenvalue weighted by atomic mass is 9.98. The molecule has 0 saturated heterocycles. The predicted molar refractivity (Wildman–Crippen MR) is 115 cm³/mol. The summed E-state index contributed by atoms with van der Waals surface area (Å²) < 4.78 is 53.7. The second kappa shape index (κ2) is 8.36. The smallest absolute Gasteiger partial charge is 0.241 e. The Morgan fingerprint density at radius 3 is 2.56 bits per heavy atom. The summed E-state index contributed by atoms with van der Waals surface area (Å²) in [6, 6.07) is 7.88. The first-order valence-corrected chi connectivity index (χ1v) is 12.3. The maximum absolute atomic E-state index is 13.0. The molecule has 0 amide bonds. The number of para-hydroxylation sites is 1. The Morgan fingerprint density at radius 1 is 1.06 bits per heavy atom. The molecule has 0 saturated carbocycles. The number of fused-ring (bicyclic) bond motifs is 1. The second-order valence-electron chi connectivity index (χ2n) is 6.74. The summed E-state index contributed by atoms with van der Waals surface area (Å²) in [5, 5.41) is 19.0. The molecule has 0 atom stereocenters. The summed E-state index contributed by atoms with van der Waals surface area (Å²) in [6.45, 7) is 0.278. The van der Waals surface area contributed by atoms with Crippen LogP contribution in [-0.2, 0) is 20.0 Å². The van der Waals surface area contributed by atoms with E-state index in [-0.39, 0.29) is 24.5 Å². The minimum atomic E-state index is -4.57. The fraction of sp³-hybridized carbons (Fsp3) is 0.176. The largest absolute Gasteiger partial charge is 0.345 e. The number of rotatable bonds is 8. The highest BCUT2D eigenvalue weighted by Crippen LogP contribution is 2.40. The monoisotopic (exact) mass is 477 g/mol. The number of primary sulfonamides is 1. The molecule has 0 aliphatic rings. The van der Waals surface area contributed by atoms with Gasteiger partial charge in [0.1, 0.15) is 9.79 Å². The molecule has 0 spiro atoms. The fourth-order valence-corrected chi connectivity index (χ4v) is 6.01. The molecule has 15 heteroatoms. The molecule has 13 nitrogen and oxygen atoms in total. The number of benzene rings is 2. The van der Waals surface area contributed by atoms with Gasteiger partial charge in [-0.2, -0.15) is 5.21 Å². The summed E-state index contributed by atoms with van der Waals surface area (Å²) in [5.41, 5.74) is 7.37. The molecule has 4 rings (SSSR count). The second-order valence-corrected chi connectivity index (χ2v) is 9.97. The number of nitrogens with one attached hydrogen (secondary N) is 3. The number of tetrazole rings is 1. The van der Waals surface area contributed by atoms with Crippen LogP contribution in [0.4, 0.5) is 0 Å². The molecular formula is C17H19N9O4S2. The van der Waals surface area contributed by atoms with E-state index in [4.69, 9.17) is 10.9 Å². The van der Waals surface area contributed by atoms with Crippen molar-refractivity contribution in [1.82, 2.24) is 35.3 Å². The fourth-order valence-electron chi connectivity index (χ4n) is 3.34. The number of sulfonamides is 2. The van der Waals surface area contributed by atoms with E-state index >= 15 is 0 Å². The van der Waals surface area contributed by atoms with E-state index < -0.39 is 29.8 Å². The van der Waals surface area contributed by atoms with Gasteiger partial charge >= 0.3 is 0 Å². The zero-order valence-electron chi connectivity index (χ0n) is 16.5. The van der Waals surface area contributed by atoms with Crippen LogP contribution in [0.2, 0.25) is 0 Å². The topological polar surface area (TPSA) is 215 Å². The summed E-state index contributed by atoms with van der Waals surface area (Å²) in [4.78, 5) is 6.08. The molecule has 0 aliphatic carbocycles. The maximum Gasteiger partial charge on any atom is 0.241 e. The normalized spacial score (nSPS) is 12.4. The van der Waals surface area contributed by atoms with Gasteiger partial charge in [-0.3, -0.25) is 0 Å². The zero-order valence-corrected chi connectivity index (χ0v) is 18.1. The van der Waals surface area contributed by atoms with E-state index in [1.54, 1.807) is 18.2 Å². The Kier molecular flexibility index (Phi) is 5.74. The molecule has 168 valence electrons. The van der Waals surface area contributed by atoms with E-state index in [2.05, 4.69) is 35.3 Å². The minimum absolute atomic E-state index is 0.0226. The Balaban J connectivity index is 2.07. The molecular weight excluding hydrogens is 458 g/mol. The lowest BCUT2D eigenvalue weighted by Gasteiger charge is -2.16. The standard InChI is InChI=1S/C17H19N9O4S2/c18-7-2-8-22-32(29,30)13-6-5-10(11-3-1-4-12-15(11)21-9-20-12)14(16(13)31(19,27)28)17-23-25-26-24-17/h1,3-6,9,22H,2,7-8,18H2,(H,20,21)(H2,19,27,28)(H,23,24,25,26). The maximum atomic E-state index is 13.0. The van der Waals surface area contributed by atoms with Crippen molar-refractivity contribution in [3.05, 3.63) is 36.7 Å². The van der Waals surface area contributed by atoms with Gasteiger partial charge in [0.15, 0.2) is 0 Å². The highest BCUT2D eigenvalue weighted by molar-refractivity contribution is 7.92. The summed E-state index contributed by atoms with van der Waals surface area (Å²) in [7, 11) is -8.83. The number of aromatic nitrogens is 6. The number of nitrogens with two attached hydrogens (primary N) is 2. The molecule has 4 aromatic rings. The third-order valence-corrected chi connectivity index (χ3v) is 7.30. The van der Waals surface area contributed by atoms with Gasteiger partial charge in [-0.05, 0) is 35.9 Å². The van der Waals surface area contributed by atoms with Gasteiger partial charge < -0.3 is 10.7 Å². The van der Waals surface area contributed by atoms with E-state index in [1.807, 2.05) is 0 Å². The number of H-pyrrole nitrogens is 2. The zero-order chi connectivity index (χ0) is 22.9. The lowest BCUT2D eigenvalue weighted by Crippen LogP contribution is -2.29. The number of aromatic amines is 2. The molecule has 0 radical (unpaired) electrons. The van der Waals surface area contributed by atoms with Gasteiger partial charge in [-0.25, -0.2) is 31.7 Å². The van der Waals surface area contributed by atoms with Gasteiger partial charge in [0, 0.05) is 12.1 Å². The quantitative estimate of drug-likeness (QED) is 0.210. The van der Waals surface area contributed by atoms with Crippen molar-refractivity contribution < 1.29 is 16.8 Å². The molecule has 0 fully saturated rings. The summed E-state index contributed by atoms with van der Waals surface area (Å²) in [6.07, 6.45) is 1.85. The van der Waals surface area contributed by atoms with Crippen LogP contribution < -0.4 is 15.6 Å². The van der Waals surface area contributed by atoms with E-state index in [9.17, 15) is 16.8 Å². The van der Waals surface area contributed by atoms with Crippen LogP contribution in [0.15, 0.2) is 46.5 Å². The summed E-state index contributed by atoms with van der Waals surface area (Å²) in [5.74, 6) is -0.143. The van der Waals surface area contributed by atoms with Crippen LogP contribution in [0.1, 0.15) is 6.42 Å². The molecule has 0 unspecified atom stereocenters. The predicted octanol–water partition coefficient (Wildman–Crippen LogP) is -0.315. The van der Waals surface area contributed by atoms with Gasteiger partial charge in [0.2, 0.25) is 25.9 Å². The first-order chi connectivity index (χ1) is 15.2. The summed E-state index contributed by atoms with van der Waals surface area (Å²) >= 11 is 0. The number of hydrogen-bond donors (Lipinski definition) is 5. The average molecular weight is 478 g/mol. The Bertz CT molecular complexity index is 1480. The van der Waals surface area contributed by atoms with Crippen molar-refractivity contribution in [3.8, 4) is 22.5 Å². The molecule has 2 heterocycles. The Morgan fingerprint density at radius 2 is 1.88 bits per heavy atom.